The van der Waals surface area contributed by atoms with Gasteiger partial charge in [-0.05, 0) is 55.6 Å². The minimum Gasteiger partial charge on any atom is -0.492 e. The van der Waals surface area contributed by atoms with Crippen LogP contribution in [0.5, 0.6) is 5.75 Å². The van der Waals surface area contributed by atoms with Crippen LogP contribution in [0.25, 0.3) is 0 Å². The fourth-order valence-corrected chi connectivity index (χ4v) is 3.23. The maximum Gasteiger partial charge on any atom is 0.306 e. The van der Waals surface area contributed by atoms with Crippen molar-refractivity contribution < 1.29 is 14.6 Å². The first-order chi connectivity index (χ1) is 12.2. The minimum atomic E-state index is -0.661. The summed E-state index contributed by atoms with van der Waals surface area (Å²) in [5.74, 6) is 0.0538. The molecule has 2 aromatic carbocycles. The molecule has 0 atom stereocenters. The lowest BCUT2D eigenvalue weighted by Gasteiger charge is -2.29. The van der Waals surface area contributed by atoms with E-state index in [2.05, 4.69) is 41.3 Å². The summed E-state index contributed by atoms with van der Waals surface area (Å²) in [4.78, 5) is 13.2. The van der Waals surface area contributed by atoms with E-state index in [9.17, 15) is 4.79 Å². The largest absolute Gasteiger partial charge is 0.492 e. The molecule has 1 N–H and O–H groups in total. The number of aliphatic carboxylic acids is 1. The molecule has 0 amide bonds. The maximum absolute atomic E-state index is 11.0. The summed E-state index contributed by atoms with van der Waals surface area (Å²) in [5.41, 5.74) is 2.58. The Morgan fingerprint density at radius 3 is 2.28 bits per heavy atom. The molecule has 132 valence electrons. The average molecular weight is 339 g/mol. The standard InChI is InChI=1S/C21H25NO3/c23-21(24)19-10-12-22(13-11-19)14-15-25-20-8-6-18(7-9-20)16-17-4-2-1-3-5-17/h1-9,19H,10-16H2,(H,23,24). The van der Waals surface area contributed by atoms with Crippen LogP contribution in [0, 0.1) is 5.92 Å². The summed E-state index contributed by atoms with van der Waals surface area (Å²) in [5, 5.41) is 9.02. The van der Waals surface area contributed by atoms with Crippen molar-refractivity contribution in [3.8, 4) is 5.75 Å². The molecule has 1 fully saturated rings. The fraction of sp³-hybridized carbons (Fsp3) is 0.381. The van der Waals surface area contributed by atoms with Gasteiger partial charge >= 0.3 is 5.97 Å². The van der Waals surface area contributed by atoms with Crippen molar-refractivity contribution in [2.45, 2.75) is 19.3 Å². The number of carbonyl (C=O) groups is 1. The van der Waals surface area contributed by atoms with Crippen LogP contribution in [0.4, 0.5) is 0 Å². The van der Waals surface area contributed by atoms with Crippen LogP contribution in [0.3, 0.4) is 0 Å². The van der Waals surface area contributed by atoms with Gasteiger partial charge in [0.25, 0.3) is 0 Å². The van der Waals surface area contributed by atoms with E-state index in [1.54, 1.807) is 0 Å². The third-order valence-corrected chi connectivity index (χ3v) is 4.79. The summed E-state index contributed by atoms with van der Waals surface area (Å²) in [6, 6.07) is 18.7. The molecule has 0 radical (unpaired) electrons. The molecule has 0 saturated carbocycles. The van der Waals surface area contributed by atoms with Gasteiger partial charge in [0.2, 0.25) is 0 Å². The monoisotopic (exact) mass is 339 g/mol. The van der Waals surface area contributed by atoms with E-state index in [1.807, 2.05) is 18.2 Å². The van der Waals surface area contributed by atoms with Gasteiger partial charge in [0, 0.05) is 6.54 Å². The molecule has 1 heterocycles. The number of carboxylic acids is 1. The normalized spacial score (nSPS) is 15.8. The van der Waals surface area contributed by atoms with Gasteiger partial charge in [-0.1, -0.05) is 42.5 Å². The predicted molar refractivity (Wildman–Crippen MR) is 98.0 cm³/mol. The van der Waals surface area contributed by atoms with E-state index < -0.39 is 5.97 Å². The first-order valence-corrected chi connectivity index (χ1v) is 8.91. The smallest absolute Gasteiger partial charge is 0.306 e. The Balaban J connectivity index is 1.40. The second kappa shape index (κ2) is 8.67. The second-order valence-electron chi connectivity index (χ2n) is 6.61. The number of carboxylic acid groups (broad SMARTS) is 1. The van der Waals surface area contributed by atoms with Crippen LogP contribution < -0.4 is 4.74 Å². The highest BCUT2D eigenvalue weighted by Crippen LogP contribution is 2.18. The maximum atomic E-state index is 11.0. The Kier molecular flexibility index (Phi) is 6.07. The van der Waals surface area contributed by atoms with Crippen LogP contribution in [-0.4, -0.2) is 42.2 Å². The first-order valence-electron chi connectivity index (χ1n) is 8.91. The van der Waals surface area contributed by atoms with Gasteiger partial charge in [-0.2, -0.15) is 0 Å². The van der Waals surface area contributed by atoms with Gasteiger partial charge in [0.05, 0.1) is 5.92 Å². The van der Waals surface area contributed by atoms with Crippen molar-refractivity contribution in [3.63, 3.8) is 0 Å². The van der Waals surface area contributed by atoms with E-state index in [4.69, 9.17) is 9.84 Å². The SMILES string of the molecule is O=C(O)C1CCN(CCOc2ccc(Cc3ccccc3)cc2)CC1. The molecular weight excluding hydrogens is 314 g/mol. The van der Waals surface area contributed by atoms with E-state index in [0.717, 1.165) is 44.6 Å². The number of ether oxygens (including phenoxy) is 1. The first kappa shape index (κ1) is 17.5. The Bertz CT molecular complexity index is 661. The van der Waals surface area contributed by atoms with Crippen molar-refractivity contribution in [2.24, 2.45) is 5.92 Å². The molecule has 2 aromatic rings. The topological polar surface area (TPSA) is 49.8 Å². The van der Waals surface area contributed by atoms with Crippen LogP contribution in [0.15, 0.2) is 54.6 Å². The Labute approximate surface area is 149 Å². The zero-order chi connectivity index (χ0) is 17.5. The van der Waals surface area contributed by atoms with Crippen molar-refractivity contribution in [1.29, 1.82) is 0 Å². The Morgan fingerprint density at radius 1 is 1.00 bits per heavy atom. The molecule has 0 spiro atoms. The molecule has 1 saturated heterocycles. The van der Waals surface area contributed by atoms with Crippen LogP contribution >= 0.6 is 0 Å². The third kappa shape index (κ3) is 5.33. The summed E-state index contributed by atoms with van der Waals surface area (Å²) in [6.45, 7) is 3.17. The quantitative estimate of drug-likeness (QED) is 0.839. The molecule has 25 heavy (non-hydrogen) atoms. The van der Waals surface area contributed by atoms with E-state index in [0.29, 0.717) is 6.61 Å². The molecule has 1 aliphatic heterocycles. The number of hydrogen-bond acceptors (Lipinski definition) is 3. The number of nitrogens with zero attached hydrogens (tertiary/aromatic N) is 1. The molecule has 0 bridgehead atoms. The molecule has 0 aromatic heterocycles. The lowest BCUT2D eigenvalue weighted by Crippen LogP contribution is -2.38. The zero-order valence-corrected chi connectivity index (χ0v) is 14.4. The zero-order valence-electron chi connectivity index (χ0n) is 14.4. The summed E-state index contributed by atoms with van der Waals surface area (Å²) >= 11 is 0. The molecule has 0 aliphatic carbocycles. The second-order valence-corrected chi connectivity index (χ2v) is 6.61. The molecule has 4 nitrogen and oxygen atoms in total. The van der Waals surface area contributed by atoms with E-state index >= 15 is 0 Å². The molecular formula is C21H25NO3. The Hall–Kier alpha value is -2.33. The van der Waals surface area contributed by atoms with Crippen LogP contribution in [0.2, 0.25) is 0 Å². The Morgan fingerprint density at radius 2 is 1.64 bits per heavy atom. The predicted octanol–water partition coefficient (Wildman–Crippen LogP) is 3.45. The number of benzene rings is 2. The van der Waals surface area contributed by atoms with Crippen molar-refractivity contribution in [1.82, 2.24) is 4.90 Å². The molecule has 1 aliphatic rings. The lowest BCUT2D eigenvalue weighted by atomic mass is 9.97. The summed E-state index contributed by atoms with van der Waals surface area (Å²) in [7, 11) is 0. The van der Waals surface area contributed by atoms with Crippen molar-refractivity contribution >= 4 is 5.97 Å². The summed E-state index contributed by atoms with van der Waals surface area (Å²) in [6.07, 6.45) is 2.41. The van der Waals surface area contributed by atoms with Crippen molar-refractivity contribution in [3.05, 3.63) is 65.7 Å². The lowest BCUT2D eigenvalue weighted by molar-refractivity contribution is -0.143. The molecule has 4 heteroatoms. The highest BCUT2D eigenvalue weighted by Gasteiger charge is 2.24. The van der Waals surface area contributed by atoms with Crippen molar-refractivity contribution in [2.75, 3.05) is 26.2 Å². The minimum absolute atomic E-state index is 0.172. The van der Waals surface area contributed by atoms with E-state index in [-0.39, 0.29) is 5.92 Å². The number of rotatable bonds is 7. The highest BCUT2D eigenvalue weighted by molar-refractivity contribution is 5.70. The number of likely N-dealkylation sites (tertiary alicyclic amines) is 1. The van der Waals surface area contributed by atoms with Gasteiger partial charge in [0.1, 0.15) is 12.4 Å². The van der Waals surface area contributed by atoms with Gasteiger partial charge in [-0.25, -0.2) is 0 Å². The molecule has 3 rings (SSSR count). The van der Waals surface area contributed by atoms with Gasteiger partial charge in [0.15, 0.2) is 0 Å². The average Bonchev–Trinajstić information content (AvgIpc) is 2.64. The third-order valence-electron chi connectivity index (χ3n) is 4.79. The fourth-order valence-electron chi connectivity index (χ4n) is 3.23. The van der Waals surface area contributed by atoms with E-state index in [1.165, 1.54) is 11.1 Å². The highest BCUT2D eigenvalue weighted by atomic mass is 16.5. The van der Waals surface area contributed by atoms with Gasteiger partial charge in [-0.15, -0.1) is 0 Å². The van der Waals surface area contributed by atoms with Gasteiger partial charge in [-0.3, -0.25) is 9.69 Å². The molecule has 0 unspecified atom stereocenters. The number of piperidine rings is 1. The van der Waals surface area contributed by atoms with Gasteiger partial charge < -0.3 is 9.84 Å². The number of hydrogen-bond donors (Lipinski definition) is 1. The van der Waals surface area contributed by atoms with Crippen LogP contribution in [0.1, 0.15) is 24.0 Å². The summed E-state index contributed by atoms with van der Waals surface area (Å²) < 4.78 is 5.83. The van der Waals surface area contributed by atoms with Crippen LogP contribution in [-0.2, 0) is 11.2 Å².